The summed E-state index contributed by atoms with van der Waals surface area (Å²) in [7, 11) is 1.31. The highest BCUT2D eigenvalue weighted by Crippen LogP contribution is 2.37. The van der Waals surface area contributed by atoms with Crippen LogP contribution in [0.3, 0.4) is 0 Å². The van der Waals surface area contributed by atoms with Gasteiger partial charge in [0.15, 0.2) is 5.54 Å². The quantitative estimate of drug-likeness (QED) is 0.245. The maximum atomic E-state index is 13.2. The van der Waals surface area contributed by atoms with E-state index in [9.17, 15) is 14.7 Å². The van der Waals surface area contributed by atoms with Crippen molar-refractivity contribution >= 4 is 23.9 Å². The van der Waals surface area contributed by atoms with Crippen LogP contribution in [0.15, 0.2) is 59.6 Å². The van der Waals surface area contributed by atoms with Crippen molar-refractivity contribution in [2.75, 3.05) is 7.11 Å². The van der Waals surface area contributed by atoms with Gasteiger partial charge in [-0.05, 0) is 28.7 Å². The topological polar surface area (TPSA) is 117 Å². The van der Waals surface area contributed by atoms with Gasteiger partial charge in [0, 0.05) is 12.8 Å². The van der Waals surface area contributed by atoms with E-state index in [1.165, 1.54) is 13.4 Å². The van der Waals surface area contributed by atoms with E-state index in [-0.39, 0.29) is 18.3 Å². The van der Waals surface area contributed by atoms with Gasteiger partial charge < -0.3 is 10.5 Å². The summed E-state index contributed by atoms with van der Waals surface area (Å²) in [5.41, 5.74) is 1.74. The average Bonchev–Trinajstić information content (AvgIpc) is 2.71. The molecule has 2 rings (SSSR count). The smallest absolute Gasteiger partial charge is 0.337 e. The predicted molar refractivity (Wildman–Crippen MR) is 119 cm³/mol. The molecule has 0 heterocycles. The standard InChI is InChI=1S/C23H30N4O4/c1-22(2,3)15-20(28)27(31-4)23(21(29)30,14-17-9-6-5-7-10-17)18-11-8-12-19(13-18)25-16-26-24/h5-13,16H,14-15,24H2,1-4H3,(H,25,26)(H,29,30)/t23-/m1/s1. The largest absolute Gasteiger partial charge is 0.479 e. The Balaban J connectivity index is 2.71. The zero-order valence-electron chi connectivity index (χ0n) is 18.3. The van der Waals surface area contributed by atoms with E-state index in [1.54, 1.807) is 24.3 Å². The number of aliphatic imine (C=N–C) groups is 1. The van der Waals surface area contributed by atoms with Gasteiger partial charge in [-0.15, -0.1) is 0 Å². The van der Waals surface area contributed by atoms with Crippen molar-refractivity contribution in [3.63, 3.8) is 0 Å². The van der Waals surface area contributed by atoms with E-state index in [4.69, 9.17) is 10.7 Å². The number of rotatable bonds is 9. The Morgan fingerprint density at radius 3 is 2.39 bits per heavy atom. The van der Waals surface area contributed by atoms with Gasteiger partial charge in [0.2, 0.25) is 5.91 Å². The summed E-state index contributed by atoms with van der Waals surface area (Å²) >= 11 is 0. The molecule has 31 heavy (non-hydrogen) atoms. The highest BCUT2D eigenvalue weighted by atomic mass is 16.7. The summed E-state index contributed by atoms with van der Waals surface area (Å²) in [5, 5.41) is 11.5. The third kappa shape index (κ3) is 5.90. The van der Waals surface area contributed by atoms with Crippen LogP contribution < -0.4 is 11.3 Å². The van der Waals surface area contributed by atoms with Gasteiger partial charge in [0.05, 0.1) is 12.8 Å². The summed E-state index contributed by atoms with van der Waals surface area (Å²) in [5.74, 6) is 3.62. The Bertz CT molecular complexity index is 925. The minimum absolute atomic E-state index is 0.00913. The van der Waals surface area contributed by atoms with Crippen LogP contribution in [0.5, 0.6) is 0 Å². The molecule has 2 aromatic rings. The number of nitrogens with one attached hydrogen (secondary N) is 1. The Kier molecular flexibility index (Phi) is 7.90. The first kappa shape index (κ1) is 24.0. The van der Waals surface area contributed by atoms with E-state index in [0.717, 1.165) is 10.6 Å². The lowest BCUT2D eigenvalue weighted by atomic mass is 9.82. The van der Waals surface area contributed by atoms with Crippen LogP contribution in [0.4, 0.5) is 5.69 Å². The van der Waals surface area contributed by atoms with Crippen molar-refractivity contribution in [3.05, 3.63) is 65.7 Å². The number of carbonyl (C=O) groups excluding carboxylic acids is 1. The third-order valence-electron chi connectivity index (χ3n) is 4.71. The number of aliphatic carboxylic acids is 1. The Morgan fingerprint density at radius 1 is 1.16 bits per heavy atom. The van der Waals surface area contributed by atoms with Crippen molar-refractivity contribution in [1.82, 2.24) is 10.5 Å². The van der Waals surface area contributed by atoms with Gasteiger partial charge in [-0.25, -0.2) is 15.6 Å². The number of amides is 1. The van der Waals surface area contributed by atoms with Gasteiger partial charge in [-0.3, -0.25) is 9.63 Å². The van der Waals surface area contributed by atoms with Crippen molar-refractivity contribution < 1.29 is 19.5 Å². The summed E-state index contributed by atoms with van der Waals surface area (Å²) in [6.45, 7) is 5.73. The number of hydrogen-bond acceptors (Lipinski definition) is 5. The first-order valence-corrected chi connectivity index (χ1v) is 9.88. The molecule has 1 amide bonds. The normalized spacial score (nSPS) is 13.6. The Hall–Kier alpha value is -3.23. The van der Waals surface area contributed by atoms with E-state index >= 15 is 0 Å². The summed E-state index contributed by atoms with van der Waals surface area (Å²) in [6, 6.07) is 15.8. The molecule has 0 aromatic heterocycles. The highest BCUT2D eigenvalue weighted by molar-refractivity contribution is 5.88. The first-order valence-electron chi connectivity index (χ1n) is 9.88. The van der Waals surface area contributed by atoms with Crippen LogP contribution in [0.2, 0.25) is 0 Å². The second kappa shape index (κ2) is 10.2. The number of carboxylic acid groups (broad SMARTS) is 1. The molecule has 166 valence electrons. The maximum absolute atomic E-state index is 13.2. The maximum Gasteiger partial charge on any atom is 0.337 e. The lowest BCUT2D eigenvalue weighted by Crippen LogP contribution is -2.56. The molecule has 0 aliphatic carbocycles. The second-order valence-electron chi connectivity index (χ2n) is 8.41. The number of carbonyl (C=O) groups is 2. The molecular weight excluding hydrogens is 396 g/mol. The van der Waals surface area contributed by atoms with Crippen molar-refractivity contribution in [2.24, 2.45) is 16.3 Å². The fraction of sp³-hybridized carbons (Fsp3) is 0.348. The molecule has 0 fully saturated rings. The number of benzene rings is 2. The van der Waals surface area contributed by atoms with Crippen LogP contribution in [0, 0.1) is 5.41 Å². The number of carboxylic acids is 1. The molecule has 1 atom stereocenters. The Labute approximate surface area is 182 Å². The lowest BCUT2D eigenvalue weighted by Gasteiger charge is -2.40. The molecule has 0 unspecified atom stereocenters. The molecule has 0 bridgehead atoms. The van der Waals surface area contributed by atoms with Crippen LogP contribution in [0.25, 0.3) is 0 Å². The average molecular weight is 427 g/mol. The lowest BCUT2D eigenvalue weighted by molar-refractivity contribution is -0.221. The minimum atomic E-state index is -1.81. The minimum Gasteiger partial charge on any atom is -0.479 e. The molecule has 0 aliphatic heterocycles. The number of hydrogen-bond donors (Lipinski definition) is 3. The van der Waals surface area contributed by atoms with Gasteiger partial charge in [0.25, 0.3) is 0 Å². The number of nitrogens with zero attached hydrogens (tertiary/aromatic N) is 2. The number of hydrazine groups is 1. The van der Waals surface area contributed by atoms with Crippen LogP contribution >= 0.6 is 0 Å². The summed E-state index contributed by atoms with van der Waals surface area (Å²) < 4.78 is 0. The molecule has 0 saturated carbocycles. The fourth-order valence-electron chi connectivity index (χ4n) is 3.42. The van der Waals surface area contributed by atoms with Gasteiger partial charge in [-0.1, -0.05) is 63.2 Å². The van der Waals surface area contributed by atoms with Crippen LogP contribution in [-0.4, -0.2) is 35.5 Å². The molecule has 2 aromatic carbocycles. The van der Waals surface area contributed by atoms with Gasteiger partial charge in [0.1, 0.15) is 6.34 Å². The zero-order chi connectivity index (χ0) is 23.1. The molecule has 8 nitrogen and oxygen atoms in total. The van der Waals surface area contributed by atoms with Crippen molar-refractivity contribution in [1.29, 1.82) is 0 Å². The highest BCUT2D eigenvalue weighted by Gasteiger charge is 2.50. The monoisotopic (exact) mass is 426 g/mol. The van der Waals surface area contributed by atoms with E-state index in [1.807, 2.05) is 51.1 Å². The SMILES string of the molecule is CON(C(=O)CC(C)(C)C)[C@@](Cc1ccccc1)(C(=O)O)c1cccc(N=CNN)c1. The van der Waals surface area contributed by atoms with E-state index in [2.05, 4.69) is 10.4 Å². The van der Waals surface area contributed by atoms with Crippen molar-refractivity contribution in [3.8, 4) is 0 Å². The molecule has 0 aliphatic rings. The fourth-order valence-corrected chi connectivity index (χ4v) is 3.42. The zero-order valence-corrected chi connectivity index (χ0v) is 18.3. The first-order chi connectivity index (χ1) is 14.6. The molecule has 0 saturated heterocycles. The third-order valence-corrected chi connectivity index (χ3v) is 4.71. The van der Waals surface area contributed by atoms with Gasteiger partial charge >= 0.3 is 5.97 Å². The van der Waals surface area contributed by atoms with Gasteiger partial charge in [-0.2, -0.15) is 5.06 Å². The molecule has 0 radical (unpaired) electrons. The van der Waals surface area contributed by atoms with Crippen molar-refractivity contribution in [2.45, 2.75) is 39.2 Å². The number of nitrogens with two attached hydrogens (primary N) is 1. The predicted octanol–water partition coefficient (Wildman–Crippen LogP) is 3.16. The van der Waals surface area contributed by atoms with Crippen LogP contribution in [-0.2, 0) is 26.4 Å². The Morgan fingerprint density at radius 2 is 1.84 bits per heavy atom. The van der Waals surface area contributed by atoms with E-state index < -0.39 is 17.4 Å². The van der Waals surface area contributed by atoms with E-state index in [0.29, 0.717) is 11.3 Å². The summed E-state index contributed by atoms with van der Waals surface area (Å²) in [6.07, 6.45) is 1.41. The summed E-state index contributed by atoms with van der Waals surface area (Å²) in [4.78, 5) is 35.7. The molecule has 0 spiro atoms. The molecule has 4 N–H and O–H groups in total. The number of hydroxylamine groups is 2. The van der Waals surface area contributed by atoms with Crippen LogP contribution in [0.1, 0.15) is 38.3 Å². The molecule has 8 heteroatoms. The second-order valence-corrected chi connectivity index (χ2v) is 8.41. The molecular formula is C23H30N4O4.